The lowest BCUT2D eigenvalue weighted by atomic mass is 9.87. The Hall–Kier alpha value is -2.66. The Kier molecular flexibility index (Phi) is 5.13. The van der Waals surface area contributed by atoms with Crippen LogP contribution < -0.4 is 10.8 Å². The van der Waals surface area contributed by atoms with Gasteiger partial charge in [-0.15, -0.1) is 0 Å². The van der Waals surface area contributed by atoms with E-state index in [1.807, 2.05) is 44.2 Å². The van der Waals surface area contributed by atoms with E-state index in [9.17, 15) is 14.8 Å². The van der Waals surface area contributed by atoms with Crippen molar-refractivity contribution in [1.82, 2.24) is 0 Å². The van der Waals surface area contributed by atoms with E-state index in [4.69, 9.17) is 5.73 Å². The third kappa shape index (κ3) is 3.76. The molecule has 23 heavy (non-hydrogen) atoms. The highest BCUT2D eigenvalue weighted by Gasteiger charge is 2.28. The molecule has 120 valence electrons. The highest BCUT2D eigenvalue weighted by Crippen LogP contribution is 2.28. The topological polar surface area (TPSA) is 83.6 Å². The Bertz CT molecular complexity index is 681. The highest BCUT2D eigenvalue weighted by molar-refractivity contribution is 5.97. The zero-order valence-corrected chi connectivity index (χ0v) is 13.1. The molecule has 5 nitrogen and oxygen atoms in total. The maximum absolute atomic E-state index is 12.7. The van der Waals surface area contributed by atoms with Crippen molar-refractivity contribution in [2.45, 2.75) is 19.8 Å². The molecule has 0 spiro atoms. The predicted octanol–water partition coefficient (Wildman–Crippen LogP) is 2.95. The Morgan fingerprint density at radius 3 is 2.04 bits per heavy atom. The second kappa shape index (κ2) is 7.07. The van der Waals surface area contributed by atoms with E-state index in [1.165, 1.54) is 24.3 Å². The molecule has 0 aliphatic rings. The maximum Gasteiger partial charge on any atom is 0.258 e. The van der Waals surface area contributed by atoms with Crippen molar-refractivity contribution in [2.24, 2.45) is 11.7 Å². The predicted molar refractivity (Wildman–Crippen MR) is 88.3 cm³/mol. The van der Waals surface area contributed by atoms with Gasteiger partial charge in [0.25, 0.3) is 5.91 Å². The Labute approximate surface area is 135 Å². The average molecular weight is 312 g/mol. The van der Waals surface area contributed by atoms with Crippen LogP contribution in [0.5, 0.6) is 0 Å². The fraction of sp³-hybridized carbons (Fsp3) is 0.222. The number of hydrogen-bond acceptors (Lipinski definition) is 3. The molecular weight excluding hydrogens is 292 g/mol. The summed E-state index contributed by atoms with van der Waals surface area (Å²) in [6.45, 7) is 3.86. The van der Waals surface area contributed by atoms with Crippen LogP contribution in [0.15, 0.2) is 54.6 Å². The molecule has 2 amide bonds. The lowest BCUT2D eigenvalue weighted by molar-refractivity contribution is -0.126. The van der Waals surface area contributed by atoms with E-state index in [0.717, 1.165) is 5.56 Å². The molecule has 0 saturated heterocycles. The molecule has 0 bridgehead atoms. The number of nitrogens with zero attached hydrogens (tertiary/aromatic N) is 1. The zero-order valence-electron chi connectivity index (χ0n) is 13.1. The van der Waals surface area contributed by atoms with Crippen molar-refractivity contribution in [3.8, 4) is 0 Å². The van der Waals surface area contributed by atoms with Gasteiger partial charge in [0.2, 0.25) is 5.91 Å². The lowest BCUT2D eigenvalue weighted by Gasteiger charge is -2.25. The molecule has 0 heterocycles. The summed E-state index contributed by atoms with van der Waals surface area (Å²) in [4.78, 5) is 23.8. The van der Waals surface area contributed by atoms with Crippen LogP contribution in [0.1, 0.15) is 35.7 Å². The number of benzene rings is 2. The van der Waals surface area contributed by atoms with Gasteiger partial charge < -0.3 is 5.73 Å². The molecule has 0 aromatic heterocycles. The number of rotatable bonds is 5. The summed E-state index contributed by atoms with van der Waals surface area (Å²) in [5.41, 5.74) is 6.64. The van der Waals surface area contributed by atoms with Gasteiger partial charge in [-0.2, -0.15) is 5.06 Å². The van der Waals surface area contributed by atoms with Crippen molar-refractivity contribution in [1.29, 1.82) is 0 Å². The van der Waals surface area contributed by atoms with Crippen molar-refractivity contribution in [3.63, 3.8) is 0 Å². The van der Waals surface area contributed by atoms with Crippen LogP contribution in [0.3, 0.4) is 0 Å². The van der Waals surface area contributed by atoms with Crippen LogP contribution in [0.2, 0.25) is 0 Å². The minimum Gasteiger partial charge on any atom is -0.366 e. The maximum atomic E-state index is 12.7. The highest BCUT2D eigenvalue weighted by atomic mass is 16.5. The molecule has 0 radical (unpaired) electrons. The minimum absolute atomic E-state index is 0.0180. The van der Waals surface area contributed by atoms with Crippen LogP contribution >= 0.6 is 0 Å². The van der Waals surface area contributed by atoms with Crippen LogP contribution in [0.25, 0.3) is 0 Å². The second-order valence-corrected chi connectivity index (χ2v) is 5.69. The number of carbonyl (C=O) groups is 2. The van der Waals surface area contributed by atoms with Crippen molar-refractivity contribution >= 4 is 17.5 Å². The van der Waals surface area contributed by atoms with E-state index in [1.54, 1.807) is 0 Å². The van der Waals surface area contributed by atoms with Gasteiger partial charge in [0, 0.05) is 5.56 Å². The standard InChI is InChI=1S/C18H20N2O3/c1-12(2)16(13-6-4-3-5-7-13)18(22)20(23)15-10-8-14(9-11-15)17(19)21/h3-12,16,23H,1-2H3,(H2,19,21)/t16-/m0/s1. The van der Waals surface area contributed by atoms with Gasteiger partial charge in [0.15, 0.2) is 0 Å². The SMILES string of the molecule is CC(C)[C@H](C(=O)N(O)c1ccc(C(N)=O)cc1)c1ccccc1. The third-order valence-electron chi connectivity index (χ3n) is 3.70. The first-order valence-corrected chi connectivity index (χ1v) is 7.39. The van der Waals surface area contributed by atoms with Crippen molar-refractivity contribution in [3.05, 3.63) is 65.7 Å². The molecule has 2 aromatic rings. The molecule has 0 unspecified atom stereocenters. The molecule has 1 atom stereocenters. The molecule has 0 saturated carbocycles. The van der Waals surface area contributed by atoms with Gasteiger partial charge in [0.05, 0.1) is 11.6 Å². The van der Waals surface area contributed by atoms with E-state index >= 15 is 0 Å². The average Bonchev–Trinajstić information content (AvgIpc) is 2.55. The Balaban J connectivity index is 2.27. The van der Waals surface area contributed by atoms with Gasteiger partial charge >= 0.3 is 0 Å². The smallest absolute Gasteiger partial charge is 0.258 e. The first-order chi connectivity index (χ1) is 10.9. The summed E-state index contributed by atoms with van der Waals surface area (Å²) in [5, 5.41) is 10.9. The lowest BCUT2D eigenvalue weighted by Crippen LogP contribution is -2.34. The number of anilines is 1. The fourth-order valence-corrected chi connectivity index (χ4v) is 2.50. The molecule has 2 aromatic carbocycles. The number of amides is 2. The number of hydrogen-bond donors (Lipinski definition) is 2. The van der Waals surface area contributed by atoms with Crippen LogP contribution in [0, 0.1) is 5.92 Å². The van der Waals surface area contributed by atoms with E-state index in [2.05, 4.69) is 0 Å². The van der Waals surface area contributed by atoms with Gasteiger partial charge in [0.1, 0.15) is 0 Å². The molecule has 5 heteroatoms. The summed E-state index contributed by atoms with van der Waals surface area (Å²) < 4.78 is 0. The first kappa shape index (κ1) is 16.7. The summed E-state index contributed by atoms with van der Waals surface area (Å²) in [5.74, 6) is -1.42. The van der Waals surface area contributed by atoms with Gasteiger partial charge in [-0.05, 0) is 35.7 Å². The fourth-order valence-electron chi connectivity index (χ4n) is 2.50. The van der Waals surface area contributed by atoms with Crippen LogP contribution in [-0.4, -0.2) is 17.0 Å². The molecule has 3 N–H and O–H groups in total. The summed E-state index contributed by atoms with van der Waals surface area (Å²) in [7, 11) is 0. The Morgan fingerprint density at radius 1 is 1.00 bits per heavy atom. The van der Waals surface area contributed by atoms with Gasteiger partial charge in [-0.1, -0.05) is 44.2 Å². The van der Waals surface area contributed by atoms with E-state index in [0.29, 0.717) is 16.3 Å². The molecule has 0 aliphatic carbocycles. The van der Waals surface area contributed by atoms with E-state index in [-0.39, 0.29) is 5.92 Å². The first-order valence-electron chi connectivity index (χ1n) is 7.39. The third-order valence-corrected chi connectivity index (χ3v) is 3.70. The van der Waals surface area contributed by atoms with E-state index < -0.39 is 17.7 Å². The van der Waals surface area contributed by atoms with Crippen molar-refractivity contribution < 1.29 is 14.8 Å². The summed E-state index contributed by atoms with van der Waals surface area (Å²) in [6, 6.07) is 15.3. The van der Waals surface area contributed by atoms with Crippen molar-refractivity contribution in [2.75, 3.05) is 5.06 Å². The van der Waals surface area contributed by atoms with Crippen LogP contribution in [0.4, 0.5) is 5.69 Å². The molecule has 0 fully saturated rings. The van der Waals surface area contributed by atoms with Gasteiger partial charge in [-0.25, -0.2) is 0 Å². The molecular formula is C18H20N2O3. The molecule has 0 aliphatic heterocycles. The van der Waals surface area contributed by atoms with Gasteiger partial charge in [-0.3, -0.25) is 14.8 Å². The Morgan fingerprint density at radius 2 is 1.57 bits per heavy atom. The normalized spacial score (nSPS) is 12.0. The minimum atomic E-state index is -0.559. The monoisotopic (exact) mass is 312 g/mol. The molecule has 2 rings (SSSR count). The number of hydroxylamine groups is 1. The summed E-state index contributed by atoms with van der Waals surface area (Å²) in [6.07, 6.45) is 0. The quantitative estimate of drug-likeness (QED) is 0.657. The number of nitrogens with two attached hydrogens (primary N) is 1. The zero-order chi connectivity index (χ0) is 17.0. The largest absolute Gasteiger partial charge is 0.366 e. The van der Waals surface area contributed by atoms with Crippen LogP contribution in [-0.2, 0) is 4.79 Å². The second-order valence-electron chi connectivity index (χ2n) is 5.69. The number of primary amides is 1. The number of carbonyl (C=O) groups excluding carboxylic acids is 2. The summed E-state index contributed by atoms with van der Waals surface area (Å²) >= 11 is 0.